The number of aromatic amines is 1. The van der Waals surface area contributed by atoms with Gasteiger partial charge < -0.3 is 10.3 Å². The number of aryl methyl sites for hydroxylation is 1. The highest BCUT2D eigenvalue weighted by Crippen LogP contribution is 2.35. The first-order chi connectivity index (χ1) is 9.42. The van der Waals surface area contributed by atoms with E-state index in [1.807, 2.05) is 0 Å². The molecule has 3 aromatic rings. The van der Waals surface area contributed by atoms with Crippen LogP contribution in [0.15, 0.2) is 54.7 Å². The lowest BCUT2D eigenvalue weighted by Gasteiger charge is -2.14. The first-order valence-electron chi connectivity index (χ1n) is 6.82. The average molecular weight is 248 g/mol. The molecule has 1 aliphatic carbocycles. The smallest absolute Gasteiger partial charge is 0.0602 e. The molecular formula is C17H16N2. The fraction of sp³-hybridized carbons (Fsp3) is 0.176. The molecule has 94 valence electrons. The number of para-hydroxylation sites is 1. The zero-order chi connectivity index (χ0) is 12.7. The Labute approximate surface area is 112 Å². The number of aromatic nitrogens is 1. The number of hydrogen-bond acceptors (Lipinski definition) is 1. The van der Waals surface area contributed by atoms with E-state index in [1.165, 1.54) is 40.6 Å². The standard InChI is InChI=1S/C17H16N2/c1-2-6-13-12(5-1)9-10-16(13)19-17-11-18-15-8-4-3-7-14(15)17/h1-8,11,16,18-19H,9-10H2. The van der Waals surface area contributed by atoms with Crippen molar-refractivity contribution in [1.82, 2.24) is 4.98 Å². The number of H-pyrrole nitrogens is 1. The molecule has 0 fully saturated rings. The molecule has 0 bridgehead atoms. The van der Waals surface area contributed by atoms with Gasteiger partial charge in [-0.15, -0.1) is 0 Å². The van der Waals surface area contributed by atoms with E-state index in [-0.39, 0.29) is 0 Å². The Kier molecular flexibility index (Phi) is 2.34. The summed E-state index contributed by atoms with van der Waals surface area (Å²) in [7, 11) is 0. The monoisotopic (exact) mass is 248 g/mol. The van der Waals surface area contributed by atoms with Crippen molar-refractivity contribution in [1.29, 1.82) is 0 Å². The topological polar surface area (TPSA) is 27.8 Å². The van der Waals surface area contributed by atoms with E-state index in [0.29, 0.717) is 6.04 Å². The van der Waals surface area contributed by atoms with Gasteiger partial charge in [0.1, 0.15) is 0 Å². The van der Waals surface area contributed by atoms with E-state index in [4.69, 9.17) is 0 Å². The van der Waals surface area contributed by atoms with Gasteiger partial charge in [-0.25, -0.2) is 0 Å². The Morgan fingerprint density at radius 1 is 1.00 bits per heavy atom. The first kappa shape index (κ1) is 10.7. The van der Waals surface area contributed by atoms with Gasteiger partial charge in [-0.2, -0.15) is 0 Å². The van der Waals surface area contributed by atoms with Gasteiger partial charge in [-0.05, 0) is 30.0 Å². The highest BCUT2D eigenvalue weighted by Gasteiger charge is 2.22. The molecule has 1 aromatic heterocycles. The van der Waals surface area contributed by atoms with Gasteiger partial charge in [-0.1, -0.05) is 42.5 Å². The number of anilines is 1. The molecule has 0 radical (unpaired) electrons. The summed E-state index contributed by atoms with van der Waals surface area (Å²) in [5.41, 5.74) is 5.33. The molecule has 1 atom stereocenters. The Hall–Kier alpha value is -2.22. The quantitative estimate of drug-likeness (QED) is 0.696. The Morgan fingerprint density at radius 3 is 2.84 bits per heavy atom. The van der Waals surface area contributed by atoms with E-state index in [1.54, 1.807) is 0 Å². The number of fused-ring (bicyclic) bond motifs is 2. The second kappa shape index (κ2) is 4.16. The minimum atomic E-state index is 0.440. The molecule has 1 aliphatic rings. The predicted octanol–water partition coefficient (Wildman–Crippen LogP) is 4.27. The van der Waals surface area contributed by atoms with Crippen LogP contribution >= 0.6 is 0 Å². The van der Waals surface area contributed by atoms with E-state index >= 15 is 0 Å². The largest absolute Gasteiger partial charge is 0.376 e. The van der Waals surface area contributed by atoms with Gasteiger partial charge in [-0.3, -0.25) is 0 Å². The molecule has 2 N–H and O–H groups in total. The lowest BCUT2D eigenvalue weighted by molar-refractivity contribution is 0.763. The third-order valence-corrected chi connectivity index (χ3v) is 4.05. The molecule has 2 heteroatoms. The molecule has 0 amide bonds. The first-order valence-corrected chi connectivity index (χ1v) is 6.82. The number of nitrogens with one attached hydrogen (secondary N) is 2. The van der Waals surface area contributed by atoms with Crippen molar-refractivity contribution in [3.63, 3.8) is 0 Å². The molecule has 0 aliphatic heterocycles. The van der Waals surface area contributed by atoms with Crippen molar-refractivity contribution in [2.45, 2.75) is 18.9 Å². The molecule has 0 spiro atoms. The maximum absolute atomic E-state index is 3.69. The van der Waals surface area contributed by atoms with Crippen LogP contribution in [0.2, 0.25) is 0 Å². The maximum atomic E-state index is 3.69. The molecule has 2 nitrogen and oxygen atoms in total. The van der Waals surface area contributed by atoms with Crippen molar-refractivity contribution >= 4 is 16.6 Å². The predicted molar refractivity (Wildman–Crippen MR) is 79.4 cm³/mol. The average Bonchev–Trinajstić information content (AvgIpc) is 3.05. The van der Waals surface area contributed by atoms with Crippen molar-refractivity contribution in [2.24, 2.45) is 0 Å². The summed E-state index contributed by atoms with van der Waals surface area (Å²) >= 11 is 0. The van der Waals surface area contributed by atoms with E-state index < -0.39 is 0 Å². The second-order valence-corrected chi connectivity index (χ2v) is 5.18. The normalized spacial score (nSPS) is 17.6. The molecule has 4 rings (SSSR count). The van der Waals surface area contributed by atoms with E-state index in [9.17, 15) is 0 Å². The lowest BCUT2D eigenvalue weighted by atomic mass is 10.1. The SMILES string of the molecule is c1ccc2c(c1)CCC2Nc1c[nH]c2ccccc12. The van der Waals surface area contributed by atoms with Crippen LogP contribution in [0.4, 0.5) is 5.69 Å². The Morgan fingerprint density at radius 2 is 1.84 bits per heavy atom. The summed E-state index contributed by atoms with van der Waals surface area (Å²) in [6.45, 7) is 0. The van der Waals surface area contributed by atoms with Crippen molar-refractivity contribution in [3.05, 3.63) is 65.9 Å². The Balaban J connectivity index is 1.70. The number of hydrogen-bond donors (Lipinski definition) is 2. The van der Waals surface area contributed by atoms with Crippen LogP contribution in [0.5, 0.6) is 0 Å². The third kappa shape index (κ3) is 1.72. The van der Waals surface area contributed by atoms with Gasteiger partial charge in [0.15, 0.2) is 0 Å². The van der Waals surface area contributed by atoms with E-state index in [0.717, 1.165) is 0 Å². The molecule has 1 unspecified atom stereocenters. The van der Waals surface area contributed by atoms with Crippen molar-refractivity contribution in [2.75, 3.05) is 5.32 Å². The fourth-order valence-electron chi connectivity index (χ4n) is 3.09. The van der Waals surface area contributed by atoms with Crippen LogP contribution in [0.25, 0.3) is 10.9 Å². The fourth-order valence-corrected chi connectivity index (χ4v) is 3.09. The van der Waals surface area contributed by atoms with Crippen molar-refractivity contribution in [3.8, 4) is 0 Å². The van der Waals surface area contributed by atoms with Gasteiger partial charge >= 0.3 is 0 Å². The summed E-state index contributed by atoms with van der Waals surface area (Å²) in [5, 5.41) is 4.96. The van der Waals surface area contributed by atoms with Crippen LogP contribution < -0.4 is 5.32 Å². The van der Waals surface area contributed by atoms with Crippen LogP contribution in [-0.4, -0.2) is 4.98 Å². The van der Waals surface area contributed by atoms with Gasteiger partial charge in [0.2, 0.25) is 0 Å². The molecular weight excluding hydrogens is 232 g/mol. The molecule has 0 saturated carbocycles. The number of benzene rings is 2. The highest BCUT2D eigenvalue weighted by molar-refractivity contribution is 5.92. The van der Waals surface area contributed by atoms with Crippen LogP contribution in [-0.2, 0) is 6.42 Å². The zero-order valence-electron chi connectivity index (χ0n) is 10.7. The second-order valence-electron chi connectivity index (χ2n) is 5.18. The minimum absolute atomic E-state index is 0.440. The zero-order valence-corrected chi connectivity index (χ0v) is 10.7. The summed E-state index contributed by atoms with van der Waals surface area (Å²) in [4.78, 5) is 3.32. The molecule has 19 heavy (non-hydrogen) atoms. The van der Waals surface area contributed by atoms with Gasteiger partial charge in [0.05, 0.1) is 11.7 Å². The molecule has 0 saturated heterocycles. The Bertz CT molecular complexity index is 727. The molecule has 2 aromatic carbocycles. The molecule has 1 heterocycles. The third-order valence-electron chi connectivity index (χ3n) is 4.05. The summed E-state index contributed by atoms with van der Waals surface area (Å²) < 4.78 is 0. The van der Waals surface area contributed by atoms with Gasteiger partial charge in [0, 0.05) is 17.1 Å². The lowest BCUT2D eigenvalue weighted by Crippen LogP contribution is -2.06. The highest BCUT2D eigenvalue weighted by atomic mass is 14.9. The van der Waals surface area contributed by atoms with Crippen molar-refractivity contribution < 1.29 is 0 Å². The van der Waals surface area contributed by atoms with Gasteiger partial charge in [0.25, 0.3) is 0 Å². The van der Waals surface area contributed by atoms with Crippen LogP contribution in [0.1, 0.15) is 23.6 Å². The summed E-state index contributed by atoms with van der Waals surface area (Å²) in [5.74, 6) is 0. The van der Waals surface area contributed by atoms with Crippen LogP contribution in [0.3, 0.4) is 0 Å². The minimum Gasteiger partial charge on any atom is -0.376 e. The summed E-state index contributed by atoms with van der Waals surface area (Å²) in [6, 6.07) is 17.6. The van der Waals surface area contributed by atoms with E-state index in [2.05, 4.69) is 65.0 Å². The number of rotatable bonds is 2. The maximum Gasteiger partial charge on any atom is 0.0602 e. The van der Waals surface area contributed by atoms with Crippen LogP contribution in [0, 0.1) is 0 Å². The summed E-state index contributed by atoms with van der Waals surface area (Å²) in [6.07, 6.45) is 4.43.